The fraction of sp³-hybridized carbons (Fsp3) is 0.542. The van der Waals surface area contributed by atoms with Crippen molar-refractivity contribution in [3.8, 4) is 0 Å². The number of aryl methyl sites for hydroxylation is 4. The summed E-state index contributed by atoms with van der Waals surface area (Å²) in [5.74, 6) is 1.45. The number of anilines is 1. The van der Waals surface area contributed by atoms with E-state index in [1.54, 1.807) is 0 Å². The fourth-order valence-electron chi connectivity index (χ4n) is 3.99. The van der Waals surface area contributed by atoms with Gasteiger partial charge < -0.3 is 15.6 Å². The van der Waals surface area contributed by atoms with E-state index in [1.165, 1.54) is 18.4 Å². The molecule has 6 heteroatoms. The van der Waals surface area contributed by atoms with Gasteiger partial charge in [0.2, 0.25) is 5.95 Å². The molecule has 0 aliphatic heterocycles. The van der Waals surface area contributed by atoms with E-state index in [0.717, 1.165) is 80.7 Å². The molecule has 3 N–H and O–H groups in total. The minimum Gasteiger partial charge on any atom is -0.368 e. The monoisotopic (exact) mass is 408 g/mol. The quantitative estimate of drug-likeness (QED) is 0.412. The standard InChI is InChI=1S/C24H36N6/c1-3-4-6-15-20-22-23(29-24(25)27-20)28-21(16-9-10-17-26-2)30(22)18-11-14-19-12-7-5-8-13-19/h5,7-8,12-13,26H,3-4,6,9-11,14-18H2,1-2H3,(H2,25,27,29). The Labute approximate surface area is 180 Å². The zero-order valence-electron chi connectivity index (χ0n) is 18.5. The van der Waals surface area contributed by atoms with E-state index in [0.29, 0.717) is 5.95 Å². The number of nitrogens with two attached hydrogens (primary N) is 1. The van der Waals surface area contributed by atoms with Gasteiger partial charge in [0.15, 0.2) is 5.65 Å². The van der Waals surface area contributed by atoms with E-state index in [2.05, 4.69) is 57.1 Å². The first-order valence-electron chi connectivity index (χ1n) is 11.4. The van der Waals surface area contributed by atoms with Crippen LogP contribution in [0.5, 0.6) is 0 Å². The van der Waals surface area contributed by atoms with Crippen molar-refractivity contribution in [1.82, 2.24) is 24.8 Å². The predicted molar refractivity (Wildman–Crippen MR) is 125 cm³/mol. The third kappa shape index (κ3) is 6.02. The highest BCUT2D eigenvalue weighted by atomic mass is 15.2. The van der Waals surface area contributed by atoms with Crippen LogP contribution in [-0.2, 0) is 25.8 Å². The number of unbranched alkanes of at least 4 members (excludes halogenated alkanes) is 3. The molecule has 0 spiro atoms. The van der Waals surface area contributed by atoms with Crippen LogP contribution in [0.2, 0.25) is 0 Å². The van der Waals surface area contributed by atoms with Crippen molar-refractivity contribution in [1.29, 1.82) is 0 Å². The second-order valence-corrected chi connectivity index (χ2v) is 7.99. The zero-order valence-corrected chi connectivity index (χ0v) is 18.5. The van der Waals surface area contributed by atoms with Crippen LogP contribution in [0.25, 0.3) is 11.2 Å². The number of hydrogen-bond acceptors (Lipinski definition) is 5. The van der Waals surface area contributed by atoms with Crippen molar-refractivity contribution < 1.29 is 0 Å². The third-order valence-corrected chi connectivity index (χ3v) is 5.56. The van der Waals surface area contributed by atoms with Crippen LogP contribution in [0.4, 0.5) is 5.95 Å². The molecule has 0 atom stereocenters. The lowest BCUT2D eigenvalue weighted by atomic mass is 10.1. The van der Waals surface area contributed by atoms with Gasteiger partial charge >= 0.3 is 0 Å². The molecule has 1 aromatic carbocycles. The van der Waals surface area contributed by atoms with Crippen molar-refractivity contribution >= 4 is 17.1 Å². The number of imidazole rings is 1. The van der Waals surface area contributed by atoms with E-state index >= 15 is 0 Å². The van der Waals surface area contributed by atoms with Gasteiger partial charge in [-0.15, -0.1) is 0 Å². The molecule has 0 unspecified atom stereocenters. The first-order valence-corrected chi connectivity index (χ1v) is 11.4. The van der Waals surface area contributed by atoms with Crippen LogP contribution >= 0.6 is 0 Å². The molecule has 0 fully saturated rings. The lowest BCUT2D eigenvalue weighted by Crippen LogP contribution is -2.10. The van der Waals surface area contributed by atoms with E-state index in [9.17, 15) is 0 Å². The molecule has 3 aromatic rings. The van der Waals surface area contributed by atoms with E-state index < -0.39 is 0 Å². The number of nitrogen functional groups attached to an aromatic ring is 1. The smallest absolute Gasteiger partial charge is 0.222 e. The number of hydrogen-bond donors (Lipinski definition) is 2. The predicted octanol–water partition coefficient (Wildman–Crippen LogP) is 4.32. The molecule has 3 rings (SSSR count). The Morgan fingerprint density at radius 3 is 2.47 bits per heavy atom. The average molecular weight is 409 g/mol. The summed E-state index contributed by atoms with van der Waals surface area (Å²) >= 11 is 0. The van der Waals surface area contributed by atoms with Gasteiger partial charge in [0.25, 0.3) is 0 Å². The molecule has 0 aliphatic rings. The summed E-state index contributed by atoms with van der Waals surface area (Å²) < 4.78 is 2.37. The van der Waals surface area contributed by atoms with Crippen LogP contribution in [0.3, 0.4) is 0 Å². The van der Waals surface area contributed by atoms with Gasteiger partial charge in [0, 0.05) is 13.0 Å². The number of nitrogens with zero attached hydrogens (tertiary/aromatic N) is 4. The van der Waals surface area contributed by atoms with Gasteiger partial charge in [0.05, 0.1) is 5.69 Å². The van der Waals surface area contributed by atoms with E-state index in [4.69, 9.17) is 10.7 Å². The van der Waals surface area contributed by atoms with Crippen molar-refractivity contribution in [2.75, 3.05) is 19.3 Å². The van der Waals surface area contributed by atoms with Crippen LogP contribution in [0.15, 0.2) is 30.3 Å². The summed E-state index contributed by atoms with van der Waals surface area (Å²) in [5, 5.41) is 3.23. The first-order chi connectivity index (χ1) is 14.7. The molecule has 6 nitrogen and oxygen atoms in total. The molecule has 2 aromatic heterocycles. The van der Waals surface area contributed by atoms with Gasteiger partial charge in [-0.3, -0.25) is 0 Å². The van der Waals surface area contributed by atoms with Gasteiger partial charge in [-0.25, -0.2) is 9.97 Å². The topological polar surface area (TPSA) is 81.7 Å². The summed E-state index contributed by atoms with van der Waals surface area (Å²) in [7, 11) is 2.00. The van der Waals surface area contributed by atoms with Crippen molar-refractivity contribution in [2.24, 2.45) is 0 Å². The number of nitrogens with one attached hydrogen (secondary N) is 1. The summed E-state index contributed by atoms with van der Waals surface area (Å²) in [5.41, 5.74) is 10.3. The van der Waals surface area contributed by atoms with Crippen LogP contribution in [0.1, 0.15) is 62.5 Å². The maximum absolute atomic E-state index is 6.02. The number of aromatic nitrogens is 4. The highest BCUT2D eigenvalue weighted by Gasteiger charge is 2.17. The Kier molecular flexibility index (Phi) is 8.63. The minimum atomic E-state index is 0.338. The number of rotatable bonds is 13. The third-order valence-electron chi connectivity index (χ3n) is 5.56. The van der Waals surface area contributed by atoms with Crippen LogP contribution in [0, 0.1) is 0 Å². The summed E-state index contributed by atoms with van der Waals surface area (Å²) in [6.07, 6.45) is 9.77. The Morgan fingerprint density at radius 2 is 1.70 bits per heavy atom. The van der Waals surface area contributed by atoms with E-state index in [-0.39, 0.29) is 0 Å². The second-order valence-electron chi connectivity index (χ2n) is 7.99. The maximum atomic E-state index is 6.02. The van der Waals surface area contributed by atoms with Crippen molar-refractivity contribution in [3.63, 3.8) is 0 Å². The molecule has 0 amide bonds. The van der Waals surface area contributed by atoms with E-state index in [1.807, 2.05) is 7.05 Å². The van der Waals surface area contributed by atoms with Gasteiger partial charge in [-0.1, -0.05) is 50.1 Å². The molecule has 0 saturated carbocycles. The molecule has 162 valence electrons. The number of benzene rings is 1. The lowest BCUT2D eigenvalue weighted by Gasteiger charge is -2.12. The van der Waals surface area contributed by atoms with Gasteiger partial charge in [0.1, 0.15) is 11.3 Å². The molecule has 2 heterocycles. The van der Waals surface area contributed by atoms with Gasteiger partial charge in [-0.05, 0) is 57.7 Å². The Balaban J connectivity index is 1.85. The minimum absolute atomic E-state index is 0.338. The first kappa shape index (κ1) is 22.2. The van der Waals surface area contributed by atoms with Gasteiger partial charge in [-0.2, -0.15) is 4.98 Å². The van der Waals surface area contributed by atoms with Crippen molar-refractivity contribution in [3.05, 3.63) is 47.4 Å². The summed E-state index contributed by atoms with van der Waals surface area (Å²) in [4.78, 5) is 14.0. The molecule has 0 radical (unpaired) electrons. The van der Waals surface area contributed by atoms with Crippen molar-refractivity contribution in [2.45, 2.75) is 71.3 Å². The summed E-state index contributed by atoms with van der Waals surface area (Å²) in [6.45, 7) is 4.19. The fourth-order valence-corrected chi connectivity index (χ4v) is 3.99. The normalized spacial score (nSPS) is 11.4. The van der Waals surface area contributed by atoms with Crippen LogP contribution in [-0.4, -0.2) is 33.1 Å². The number of fused-ring (bicyclic) bond motifs is 1. The van der Waals surface area contributed by atoms with Crippen LogP contribution < -0.4 is 11.1 Å². The SMILES string of the molecule is CCCCCc1nc(N)nc2nc(CCCCNC)n(CCCc3ccccc3)c12. The average Bonchev–Trinajstić information content (AvgIpc) is 3.09. The highest BCUT2D eigenvalue weighted by Crippen LogP contribution is 2.23. The Bertz CT molecular complexity index is 903. The Hall–Kier alpha value is -2.47. The zero-order chi connectivity index (χ0) is 21.2. The maximum Gasteiger partial charge on any atom is 0.222 e. The Morgan fingerprint density at radius 1 is 0.900 bits per heavy atom. The molecule has 0 saturated heterocycles. The molecular formula is C24H36N6. The second kappa shape index (κ2) is 11.6. The molecule has 0 bridgehead atoms. The highest BCUT2D eigenvalue weighted by molar-refractivity contribution is 5.75. The molecule has 0 aliphatic carbocycles. The lowest BCUT2D eigenvalue weighted by molar-refractivity contribution is 0.595. The molecular weight excluding hydrogens is 372 g/mol. The largest absolute Gasteiger partial charge is 0.368 e. The molecule has 30 heavy (non-hydrogen) atoms. The summed E-state index contributed by atoms with van der Waals surface area (Å²) in [6, 6.07) is 10.7.